The second kappa shape index (κ2) is 4.30. The minimum atomic E-state index is -0.461. The van der Waals surface area contributed by atoms with Gasteiger partial charge in [-0.15, -0.1) is 0 Å². The fourth-order valence-electron chi connectivity index (χ4n) is 1.91. The lowest BCUT2D eigenvalue weighted by molar-refractivity contribution is 0.239. The summed E-state index contributed by atoms with van der Waals surface area (Å²) in [5.41, 5.74) is 10.6. The average Bonchev–Trinajstić information content (AvgIpc) is 2.51. The number of primary amides is 1. The fourth-order valence-corrected chi connectivity index (χ4v) is 1.91. The number of carbonyl (C=O) groups is 1. The Morgan fingerprint density at radius 3 is 2.50 bits per heavy atom. The van der Waals surface area contributed by atoms with E-state index in [9.17, 15) is 4.79 Å². The lowest BCUT2D eigenvalue weighted by Gasteiger charge is -2.21. The van der Waals surface area contributed by atoms with Crippen LogP contribution in [0.25, 0.3) is 0 Å². The van der Waals surface area contributed by atoms with Crippen molar-refractivity contribution in [1.82, 2.24) is 5.32 Å². The Kier molecular flexibility index (Phi) is 3.34. The number of hydrogen-bond donors (Lipinski definition) is 3. The van der Waals surface area contributed by atoms with E-state index < -0.39 is 6.03 Å². The Morgan fingerprint density at radius 1 is 1.50 bits per heavy atom. The molecule has 0 spiro atoms. The Labute approximate surface area is 72.7 Å². The lowest BCUT2D eigenvalue weighted by Crippen LogP contribution is -2.46. The van der Waals surface area contributed by atoms with Crippen molar-refractivity contribution in [1.29, 1.82) is 0 Å². The predicted octanol–water partition coefficient (Wildman–Crippen LogP) is 0.172. The van der Waals surface area contributed by atoms with Gasteiger partial charge in [0.2, 0.25) is 0 Å². The molecule has 1 fully saturated rings. The van der Waals surface area contributed by atoms with Gasteiger partial charge >= 0.3 is 6.03 Å². The quantitative estimate of drug-likeness (QED) is 0.566. The first-order valence-corrected chi connectivity index (χ1v) is 4.50. The summed E-state index contributed by atoms with van der Waals surface area (Å²) in [4.78, 5) is 10.6. The normalized spacial score (nSPS) is 20.8. The molecule has 1 aliphatic rings. The molecule has 0 aromatic carbocycles. The van der Waals surface area contributed by atoms with Crippen LogP contribution in [0.3, 0.4) is 0 Å². The summed E-state index contributed by atoms with van der Waals surface area (Å²) in [5, 5.41) is 2.69. The molecule has 0 radical (unpaired) electrons. The average molecular weight is 171 g/mol. The van der Waals surface area contributed by atoms with Crippen LogP contribution in [0.15, 0.2) is 0 Å². The maximum Gasteiger partial charge on any atom is 0.312 e. The molecule has 1 atom stereocenters. The second-order valence-corrected chi connectivity index (χ2v) is 3.40. The summed E-state index contributed by atoms with van der Waals surface area (Å²) in [7, 11) is 0. The molecule has 5 N–H and O–H groups in total. The number of amides is 2. The molecule has 12 heavy (non-hydrogen) atoms. The number of nitrogens with one attached hydrogen (secondary N) is 1. The van der Waals surface area contributed by atoms with Gasteiger partial charge in [0, 0.05) is 12.6 Å². The van der Waals surface area contributed by atoms with E-state index in [4.69, 9.17) is 11.5 Å². The first kappa shape index (κ1) is 9.32. The van der Waals surface area contributed by atoms with Crippen LogP contribution in [0.1, 0.15) is 25.7 Å². The van der Waals surface area contributed by atoms with Crippen LogP contribution in [0.2, 0.25) is 0 Å². The maximum absolute atomic E-state index is 10.6. The molecule has 1 rings (SSSR count). The van der Waals surface area contributed by atoms with Gasteiger partial charge in [-0.25, -0.2) is 4.79 Å². The molecule has 0 aliphatic heterocycles. The van der Waals surface area contributed by atoms with Crippen LogP contribution in [0, 0.1) is 5.92 Å². The summed E-state index contributed by atoms with van der Waals surface area (Å²) < 4.78 is 0. The van der Waals surface area contributed by atoms with E-state index in [0.717, 1.165) is 0 Å². The molecular weight excluding hydrogens is 154 g/mol. The van der Waals surface area contributed by atoms with Crippen LogP contribution in [-0.2, 0) is 0 Å². The summed E-state index contributed by atoms with van der Waals surface area (Å²) in [6, 6.07) is -0.373. The molecule has 0 saturated heterocycles. The molecule has 0 heterocycles. The zero-order valence-electron chi connectivity index (χ0n) is 7.25. The molecular formula is C8H17N3O. The third-order valence-corrected chi connectivity index (χ3v) is 2.55. The van der Waals surface area contributed by atoms with E-state index in [-0.39, 0.29) is 6.04 Å². The molecule has 0 aromatic rings. The standard InChI is InChI=1S/C8H17N3O/c9-5-7(11-8(10)12)6-3-1-2-4-6/h6-7H,1-5,9H2,(H3,10,11,12). The minimum absolute atomic E-state index is 0.0880. The third-order valence-electron chi connectivity index (χ3n) is 2.55. The van der Waals surface area contributed by atoms with Gasteiger partial charge in [0.1, 0.15) is 0 Å². The highest BCUT2D eigenvalue weighted by Crippen LogP contribution is 2.27. The number of nitrogens with two attached hydrogens (primary N) is 2. The van der Waals surface area contributed by atoms with Gasteiger partial charge in [-0.1, -0.05) is 12.8 Å². The summed E-state index contributed by atoms with van der Waals surface area (Å²) in [6.07, 6.45) is 4.84. The Bertz CT molecular complexity index is 154. The smallest absolute Gasteiger partial charge is 0.312 e. The van der Waals surface area contributed by atoms with Crippen molar-refractivity contribution in [2.24, 2.45) is 17.4 Å². The Hall–Kier alpha value is -0.770. The third kappa shape index (κ3) is 2.37. The number of hydrogen-bond acceptors (Lipinski definition) is 2. The highest BCUT2D eigenvalue weighted by molar-refractivity contribution is 5.72. The van der Waals surface area contributed by atoms with Gasteiger partial charge < -0.3 is 16.8 Å². The van der Waals surface area contributed by atoms with E-state index in [2.05, 4.69) is 5.32 Å². The van der Waals surface area contributed by atoms with Crippen molar-refractivity contribution in [3.63, 3.8) is 0 Å². The van der Waals surface area contributed by atoms with Gasteiger partial charge in [0.25, 0.3) is 0 Å². The second-order valence-electron chi connectivity index (χ2n) is 3.40. The van der Waals surface area contributed by atoms with Crippen molar-refractivity contribution in [3.05, 3.63) is 0 Å². The lowest BCUT2D eigenvalue weighted by atomic mass is 9.98. The zero-order valence-corrected chi connectivity index (χ0v) is 7.25. The molecule has 0 bridgehead atoms. The number of rotatable bonds is 3. The molecule has 1 saturated carbocycles. The molecule has 4 nitrogen and oxygen atoms in total. The molecule has 2 amide bonds. The highest BCUT2D eigenvalue weighted by atomic mass is 16.2. The van der Waals surface area contributed by atoms with Gasteiger partial charge in [0.05, 0.1) is 0 Å². The Balaban J connectivity index is 2.37. The largest absolute Gasteiger partial charge is 0.352 e. The van der Waals surface area contributed by atoms with Crippen LogP contribution in [0.5, 0.6) is 0 Å². The van der Waals surface area contributed by atoms with Gasteiger partial charge in [-0.3, -0.25) is 0 Å². The SMILES string of the molecule is NCC(NC(N)=O)C1CCCC1. The maximum atomic E-state index is 10.6. The highest BCUT2D eigenvalue weighted by Gasteiger charge is 2.24. The van der Waals surface area contributed by atoms with Crippen molar-refractivity contribution in [2.45, 2.75) is 31.7 Å². The van der Waals surface area contributed by atoms with Gasteiger partial charge in [-0.2, -0.15) is 0 Å². The summed E-state index contributed by atoms with van der Waals surface area (Å²) in [6.45, 7) is 0.494. The monoisotopic (exact) mass is 171 g/mol. The van der Waals surface area contributed by atoms with Crippen molar-refractivity contribution < 1.29 is 4.79 Å². The number of urea groups is 1. The molecule has 1 unspecified atom stereocenters. The fraction of sp³-hybridized carbons (Fsp3) is 0.875. The predicted molar refractivity (Wildman–Crippen MR) is 47.5 cm³/mol. The van der Waals surface area contributed by atoms with E-state index in [0.29, 0.717) is 12.5 Å². The molecule has 70 valence electrons. The van der Waals surface area contributed by atoms with Crippen molar-refractivity contribution >= 4 is 6.03 Å². The van der Waals surface area contributed by atoms with Crippen LogP contribution in [-0.4, -0.2) is 18.6 Å². The van der Waals surface area contributed by atoms with E-state index in [1.54, 1.807) is 0 Å². The van der Waals surface area contributed by atoms with Crippen LogP contribution >= 0.6 is 0 Å². The molecule has 0 aromatic heterocycles. The van der Waals surface area contributed by atoms with Gasteiger partial charge in [0.15, 0.2) is 0 Å². The topological polar surface area (TPSA) is 81.1 Å². The molecule has 1 aliphatic carbocycles. The summed E-state index contributed by atoms with van der Waals surface area (Å²) >= 11 is 0. The van der Waals surface area contributed by atoms with Crippen LogP contribution in [0.4, 0.5) is 4.79 Å². The molecule has 4 heteroatoms. The van der Waals surface area contributed by atoms with E-state index in [1.807, 2.05) is 0 Å². The van der Waals surface area contributed by atoms with Crippen LogP contribution < -0.4 is 16.8 Å². The number of carbonyl (C=O) groups excluding carboxylic acids is 1. The van der Waals surface area contributed by atoms with Crippen molar-refractivity contribution in [3.8, 4) is 0 Å². The minimum Gasteiger partial charge on any atom is -0.352 e. The zero-order chi connectivity index (χ0) is 8.97. The van der Waals surface area contributed by atoms with Gasteiger partial charge in [-0.05, 0) is 18.8 Å². The van der Waals surface area contributed by atoms with E-state index in [1.165, 1.54) is 25.7 Å². The van der Waals surface area contributed by atoms with Crippen molar-refractivity contribution in [2.75, 3.05) is 6.54 Å². The first-order valence-electron chi connectivity index (χ1n) is 4.50. The van der Waals surface area contributed by atoms with E-state index >= 15 is 0 Å². The summed E-state index contributed by atoms with van der Waals surface area (Å²) in [5.74, 6) is 0.544. The first-order chi connectivity index (χ1) is 5.74. The Morgan fingerprint density at radius 2 is 2.08 bits per heavy atom.